The van der Waals surface area contributed by atoms with Gasteiger partial charge in [0.2, 0.25) is 0 Å². The maximum absolute atomic E-state index is 13.3. The standard InChI is InChI=1S/C28H33F6N5O5/c1-25(2,3)44-24(42)38-8-6-37(16-26(38,4)5)22(40)21-13-20-14-36(7-9-39(20)35-21)23(41)43-15-17-10-18(27(29,30)31)12-19(11-17)28(32,33)34/h10-13H,6-9,14-16H2,1-5H3. The van der Waals surface area contributed by atoms with Crippen molar-refractivity contribution < 1.29 is 50.2 Å². The lowest BCUT2D eigenvalue weighted by atomic mass is 9.99. The number of carbonyl (C=O) groups is 3. The molecule has 0 unspecified atom stereocenters. The first kappa shape index (κ1) is 32.9. The monoisotopic (exact) mass is 633 g/mol. The third-order valence-corrected chi connectivity index (χ3v) is 7.09. The molecule has 242 valence electrons. The average Bonchev–Trinajstić information content (AvgIpc) is 3.32. The number of piperazine rings is 1. The molecule has 10 nitrogen and oxygen atoms in total. The molecule has 1 aromatic heterocycles. The molecule has 16 heteroatoms. The van der Waals surface area contributed by atoms with Gasteiger partial charge >= 0.3 is 24.5 Å². The molecule has 3 amide bonds. The van der Waals surface area contributed by atoms with Crippen LogP contribution in [0.1, 0.15) is 67.5 Å². The van der Waals surface area contributed by atoms with Crippen LogP contribution in [0.5, 0.6) is 0 Å². The maximum atomic E-state index is 13.3. The smallest absolute Gasteiger partial charge is 0.416 e. The van der Waals surface area contributed by atoms with Crippen molar-refractivity contribution in [1.82, 2.24) is 24.5 Å². The minimum atomic E-state index is -5.03. The van der Waals surface area contributed by atoms with Gasteiger partial charge in [-0.3, -0.25) is 14.4 Å². The number of halogens is 6. The Morgan fingerprint density at radius 2 is 1.43 bits per heavy atom. The summed E-state index contributed by atoms with van der Waals surface area (Å²) in [6.07, 6.45) is -11.5. The van der Waals surface area contributed by atoms with Crippen molar-refractivity contribution in [2.45, 2.75) is 77.8 Å². The number of amides is 3. The molecule has 2 aromatic rings. The molecule has 1 aromatic carbocycles. The number of fused-ring (bicyclic) bond motifs is 1. The zero-order chi connectivity index (χ0) is 32.8. The van der Waals surface area contributed by atoms with Gasteiger partial charge in [0.25, 0.3) is 5.91 Å². The molecule has 4 rings (SSSR count). The highest BCUT2D eigenvalue weighted by atomic mass is 19.4. The first-order valence-electron chi connectivity index (χ1n) is 13.7. The van der Waals surface area contributed by atoms with Gasteiger partial charge in [0.1, 0.15) is 12.2 Å². The number of ether oxygens (including phenoxy) is 2. The maximum Gasteiger partial charge on any atom is 0.416 e. The van der Waals surface area contributed by atoms with E-state index in [4.69, 9.17) is 9.47 Å². The number of carbonyl (C=O) groups excluding carboxylic acids is 3. The summed E-state index contributed by atoms with van der Waals surface area (Å²) >= 11 is 0. The molecular formula is C28H33F6N5O5. The first-order chi connectivity index (χ1) is 20.1. The highest BCUT2D eigenvalue weighted by Gasteiger charge is 2.41. The Bertz CT molecular complexity index is 1400. The Hall–Kier alpha value is -3.98. The number of hydrogen-bond donors (Lipinski definition) is 0. The zero-order valence-corrected chi connectivity index (χ0v) is 24.8. The van der Waals surface area contributed by atoms with Crippen molar-refractivity contribution in [3.63, 3.8) is 0 Å². The van der Waals surface area contributed by atoms with Crippen molar-refractivity contribution in [3.8, 4) is 0 Å². The number of rotatable bonds is 3. The van der Waals surface area contributed by atoms with E-state index in [1.54, 1.807) is 35.3 Å². The normalized spacial score (nSPS) is 17.3. The summed E-state index contributed by atoms with van der Waals surface area (Å²) < 4.78 is 91.0. The third kappa shape index (κ3) is 7.56. The molecule has 0 radical (unpaired) electrons. The minimum absolute atomic E-state index is 0.00209. The van der Waals surface area contributed by atoms with Gasteiger partial charge in [-0.15, -0.1) is 0 Å². The van der Waals surface area contributed by atoms with E-state index in [0.717, 1.165) is 0 Å². The summed E-state index contributed by atoms with van der Waals surface area (Å²) in [4.78, 5) is 43.1. The van der Waals surface area contributed by atoms with Gasteiger partial charge in [-0.2, -0.15) is 31.4 Å². The Labute approximate surface area is 249 Å². The highest BCUT2D eigenvalue weighted by Crippen LogP contribution is 2.36. The van der Waals surface area contributed by atoms with Crippen LogP contribution in [0.2, 0.25) is 0 Å². The lowest BCUT2D eigenvalue weighted by molar-refractivity contribution is -0.143. The van der Waals surface area contributed by atoms with Crippen molar-refractivity contribution in [2.24, 2.45) is 0 Å². The molecule has 3 heterocycles. The second-order valence-corrected chi connectivity index (χ2v) is 12.3. The molecular weight excluding hydrogens is 600 g/mol. The van der Waals surface area contributed by atoms with Gasteiger partial charge in [-0.25, -0.2) is 9.59 Å². The Morgan fingerprint density at radius 1 is 0.841 bits per heavy atom. The predicted octanol–water partition coefficient (Wildman–Crippen LogP) is 5.54. The van der Waals surface area contributed by atoms with Crippen LogP contribution in [0, 0.1) is 0 Å². The molecule has 44 heavy (non-hydrogen) atoms. The van der Waals surface area contributed by atoms with Crippen LogP contribution in [0.15, 0.2) is 24.3 Å². The number of aromatic nitrogens is 2. The van der Waals surface area contributed by atoms with E-state index in [0.29, 0.717) is 17.8 Å². The largest absolute Gasteiger partial charge is 0.445 e. The van der Waals surface area contributed by atoms with Crippen LogP contribution in [-0.4, -0.2) is 79.9 Å². The fourth-order valence-corrected chi connectivity index (χ4v) is 5.01. The first-order valence-corrected chi connectivity index (χ1v) is 13.7. The Balaban J connectivity index is 1.39. The van der Waals surface area contributed by atoms with E-state index in [1.165, 1.54) is 11.0 Å². The van der Waals surface area contributed by atoms with E-state index < -0.39 is 59.0 Å². The molecule has 0 N–H and O–H groups in total. The van der Waals surface area contributed by atoms with Crippen LogP contribution in [-0.2, 0) is 41.5 Å². The van der Waals surface area contributed by atoms with Gasteiger partial charge in [-0.1, -0.05) is 0 Å². The van der Waals surface area contributed by atoms with E-state index >= 15 is 0 Å². The van der Waals surface area contributed by atoms with Crippen LogP contribution >= 0.6 is 0 Å². The van der Waals surface area contributed by atoms with E-state index in [1.807, 2.05) is 13.8 Å². The van der Waals surface area contributed by atoms with Crippen molar-refractivity contribution in [1.29, 1.82) is 0 Å². The SMILES string of the molecule is CC(C)(C)OC(=O)N1CCN(C(=O)c2cc3n(n2)CCN(C(=O)OCc2cc(C(F)(F)F)cc(C(F)(F)F)c2)C3)CC1(C)C. The number of hydrogen-bond acceptors (Lipinski definition) is 6. The Kier molecular flexibility index (Phi) is 8.61. The van der Waals surface area contributed by atoms with Crippen molar-refractivity contribution >= 4 is 18.1 Å². The topological polar surface area (TPSA) is 97.2 Å². The average molecular weight is 634 g/mol. The van der Waals surface area contributed by atoms with Gasteiger partial charge < -0.3 is 19.3 Å². The molecule has 0 saturated carbocycles. The van der Waals surface area contributed by atoms with Crippen LogP contribution in [0.3, 0.4) is 0 Å². The number of benzene rings is 1. The fourth-order valence-electron chi connectivity index (χ4n) is 5.01. The summed E-state index contributed by atoms with van der Waals surface area (Å²) in [7, 11) is 0. The van der Waals surface area contributed by atoms with Gasteiger partial charge in [-0.05, 0) is 64.4 Å². The summed E-state index contributed by atoms with van der Waals surface area (Å²) in [5.74, 6) is -0.372. The van der Waals surface area contributed by atoms with E-state index in [9.17, 15) is 40.7 Å². The molecule has 1 saturated heterocycles. The molecule has 0 bridgehead atoms. The number of nitrogens with zero attached hydrogens (tertiary/aromatic N) is 5. The van der Waals surface area contributed by atoms with Crippen LogP contribution in [0.4, 0.5) is 35.9 Å². The second-order valence-electron chi connectivity index (χ2n) is 12.3. The summed E-state index contributed by atoms with van der Waals surface area (Å²) in [5.41, 5.74) is -4.27. The molecule has 0 spiro atoms. The molecule has 0 atom stereocenters. The fraction of sp³-hybridized carbons (Fsp3) is 0.571. The molecule has 1 fully saturated rings. The van der Waals surface area contributed by atoms with E-state index in [2.05, 4.69) is 5.10 Å². The van der Waals surface area contributed by atoms with Gasteiger partial charge in [0.15, 0.2) is 5.69 Å². The minimum Gasteiger partial charge on any atom is -0.445 e. The van der Waals surface area contributed by atoms with Crippen LogP contribution in [0.25, 0.3) is 0 Å². The summed E-state index contributed by atoms with van der Waals surface area (Å²) in [5, 5.41) is 4.36. The lowest BCUT2D eigenvalue weighted by Crippen LogP contribution is -2.62. The van der Waals surface area contributed by atoms with Crippen LogP contribution < -0.4 is 0 Å². The van der Waals surface area contributed by atoms with Gasteiger partial charge in [0.05, 0.1) is 35.4 Å². The highest BCUT2D eigenvalue weighted by molar-refractivity contribution is 5.92. The second kappa shape index (κ2) is 11.5. The lowest BCUT2D eigenvalue weighted by Gasteiger charge is -2.46. The Morgan fingerprint density at radius 3 is 1.98 bits per heavy atom. The van der Waals surface area contributed by atoms with E-state index in [-0.39, 0.29) is 56.9 Å². The third-order valence-electron chi connectivity index (χ3n) is 7.09. The number of alkyl halides is 6. The van der Waals surface area contributed by atoms with Gasteiger partial charge in [0, 0.05) is 26.2 Å². The van der Waals surface area contributed by atoms with Crippen molar-refractivity contribution in [2.75, 3.05) is 26.2 Å². The molecule has 2 aliphatic heterocycles. The summed E-state index contributed by atoms with van der Waals surface area (Å²) in [6, 6.07) is 2.51. The zero-order valence-electron chi connectivity index (χ0n) is 24.8. The quantitative estimate of drug-likeness (QED) is 0.412. The van der Waals surface area contributed by atoms with Crippen molar-refractivity contribution in [3.05, 3.63) is 52.3 Å². The molecule has 0 aliphatic carbocycles. The predicted molar refractivity (Wildman–Crippen MR) is 142 cm³/mol. The molecule has 2 aliphatic rings. The summed E-state index contributed by atoms with van der Waals surface area (Å²) in [6.45, 7) is 9.05.